The molecule has 0 atom stereocenters. The van der Waals surface area contributed by atoms with Crippen LogP contribution in [0.4, 0.5) is 0 Å². The molecule has 158 valence electrons. The van der Waals surface area contributed by atoms with Gasteiger partial charge in [-0.2, -0.15) is 0 Å². The molecule has 0 heterocycles. The molecule has 0 aliphatic carbocycles. The first kappa shape index (κ1) is 26.2. The van der Waals surface area contributed by atoms with Crippen LogP contribution in [0.15, 0.2) is 0 Å². The van der Waals surface area contributed by atoms with Gasteiger partial charge in [0.1, 0.15) is 0 Å². The Morgan fingerprint density at radius 2 is 0.500 bits per heavy atom. The van der Waals surface area contributed by atoms with Crippen LogP contribution in [0, 0.1) is 0 Å². The topological polar surface area (TPSA) is 0 Å². The van der Waals surface area contributed by atoms with Crippen molar-refractivity contribution >= 4 is 10.2 Å². The molecule has 0 rings (SSSR count). The lowest BCUT2D eigenvalue weighted by Crippen LogP contribution is -1.84. The second-order valence-electron chi connectivity index (χ2n) is 8.78. The zero-order chi connectivity index (χ0) is 19.0. The predicted octanol–water partition coefficient (Wildman–Crippen LogP) is 8.76. The van der Waals surface area contributed by atoms with E-state index in [-0.39, 0.29) is 0 Å². The molecule has 0 saturated carbocycles. The van der Waals surface area contributed by atoms with Gasteiger partial charge in [0.05, 0.1) is 0 Å². The van der Waals surface area contributed by atoms with E-state index < -0.39 is 0 Å². The van der Waals surface area contributed by atoms with E-state index in [9.17, 15) is 0 Å². The molecule has 0 unspecified atom stereocenters. The third kappa shape index (κ3) is 24.2. The number of hydrogen-bond donors (Lipinski definition) is 0. The van der Waals surface area contributed by atoms with Gasteiger partial charge in [0.2, 0.25) is 0 Å². The molecule has 0 nitrogen and oxygen atoms in total. The smallest absolute Gasteiger partial charge is 0.00279 e. The van der Waals surface area contributed by atoms with E-state index in [1.165, 1.54) is 164 Å². The Hall–Kier alpha value is 0.217. The Labute approximate surface area is 171 Å². The fourth-order valence-electron chi connectivity index (χ4n) is 4.04. The van der Waals surface area contributed by atoms with Crippen molar-refractivity contribution in [1.82, 2.24) is 0 Å². The Kier molecular flexibility index (Phi) is 25.4. The Morgan fingerprint density at radius 3 is 0.692 bits per heavy atom. The van der Waals surface area contributed by atoms with Crippen molar-refractivity contribution in [3.05, 3.63) is 0 Å². The second-order valence-corrected chi connectivity index (χ2v) is 9.78. The van der Waals surface area contributed by atoms with Crippen LogP contribution in [0.3, 0.4) is 0 Å². The van der Waals surface area contributed by atoms with Crippen LogP contribution in [-0.4, -0.2) is 10.2 Å². The summed E-state index contributed by atoms with van der Waals surface area (Å²) < 4.78 is 0. The molecule has 0 spiro atoms. The zero-order valence-electron chi connectivity index (χ0n) is 19.0. The van der Waals surface area contributed by atoms with Crippen molar-refractivity contribution in [3.8, 4) is 0 Å². The first-order valence-corrected chi connectivity index (χ1v) is 14.3. The molecule has 0 aliphatic rings. The summed E-state index contributed by atoms with van der Waals surface area (Å²) in [6.45, 7) is 2.30. The molecular weight excluding hydrogens is 328 g/mol. The second kappa shape index (κ2) is 25.2. The lowest BCUT2D eigenvalue weighted by molar-refractivity contribution is 0.519. The van der Waals surface area contributed by atoms with Crippen LogP contribution in [0.1, 0.15) is 155 Å². The van der Waals surface area contributed by atoms with Crippen molar-refractivity contribution < 1.29 is 0 Å². The highest BCUT2D eigenvalue weighted by atomic mass is 28.1. The number of hydrogen-bond acceptors (Lipinski definition) is 0. The summed E-state index contributed by atoms with van der Waals surface area (Å²) in [5.74, 6) is 0. The summed E-state index contributed by atoms with van der Waals surface area (Å²) in [7, 11) is 1.41. The maximum absolute atomic E-state index is 2.30. The van der Waals surface area contributed by atoms with Gasteiger partial charge in [0, 0.05) is 10.2 Å². The summed E-state index contributed by atoms with van der Waals surface area (Å²) in [5.41, 5.74) is 0. The quantitative estimate of drug-likeness (QED) is 0.122. The van der Waals surface area contributed by atoms with Gasteiger partial charge in [-0.25, -0.2) is 0 Å². The van der Waals surface area contributed by atoms with E-state index in [1.54, 1.807) is 0 Å². The van der Waals surface area contributed by atoms with Crippen molar-refractivity contribution in [2.24, 2.45) is 0 Å². The molecule has 0 N–H and O–H groups in total. The summed E-state index contributed by atoms with van der Waals surface area (Å²) in [5, 5.41) is 0. The minimum atomic E-state index is 1.38. The molecule has 0 fully saturated rings. The zero-order valence-corrected chi connectivity index (χ0v) is 21.0. The molecule has 0 aromatic heterocycles. The van der Waals surface area contributed by atoms with Crippen LogP contribution in [-0.2, 0) is 0 Å². The molecule has 0 aromatic carbocycles. The number of rotatable bonds is 23. The first-order chi connectivity index (χ1) is 12.9. The molecule has 0 bridgehead atoms. The van der Waals surface area contributed by atoms with Gasteiger partial charge in [-0.1, -0.05) is 161 Å². The van der Waals surface area contributed by atoms with Gasteiger partial charge in [-0.15, -0.1) is 0 Å². The summed E-state index contributed by atoms with van der Waals surface area (Å²) in [6.07, 6.45) is 34.2. The van der Waals surface area contributed by atoms with E-state index in [0.29, 0.717) is 0 Å². The van der Waals surface area contributed by atoms with E-state index in [1.807, 2.05) is 0 Å². The molecule has 26 heavy (non-hydrogen) atoms. The monoisotopic (exact) mass is 382 g/mol. The van der Waals surface area contributed by atoms with E-state index in [2.05, 4.69) is 6.92 Å². The van der Waals surface area contributed by atoms with Gasteiger partial charge >= 0.3 is 0 Å². The molecule has 0 aromatic rings. The van der Waals surface area contributed by atoms with Gasteiger partial charge in [0.15, 0.2) is 0 Å². The average Bonchev–Trinajstić information content (AvgIpc) is 2.66. The standard InChI is InChI=1S/C25H54Si/c1-2-3-4-5-6-7-8-9-10-11-12-13-14-15-16-17-18-19-20-21-22-23-24-25-26/h2-25H2,1,26H3. The average molecular weight is 383 g/mol. The molecule has 0 radical (unpaired) electrons. The minimum Gasteiger partial charge on any atom is -0.0658 e. The van der Waals surface area contributed by atoms with Crippen molar-refractivity contribution in [1.29, 1.82) is 0 Å². The molecular formula is C25H54Si. The molecule has 0 amide bonds. The Balaban J connectivity index is 2.95. The fourth-order valence-corrected chi connectivity index (χ4v) is 4.54. The summed E-state index contributed by atoms with van der Waals surface area (Å²) >= 11 is 0. The third-order valence-electron chi connectivity index (χ3n) is 5.96. The van der Waals surface area contributed by atoms with E-state index in [0.717, 1.165) is 0 Å². The maximum Gasteiger partial charge on any atom is 0.00279 e. The first-order valence-electron chi connectivity index (χ1n) is 12.9. The van der Waals surface area contributed by atoms with E-state index >= 15 is 0 Å². The largest absolute Gasteiger partial charge is 0.0658 e. The Morgan fingerprint density at radius 1 is 0.308 bits per heavy atom. The predicted molar refractivity (Wildman–Crippen MR) is 127 cm³/mol. The van der Waals surface area contributed by atoms with Gasteiger partial charge in [-0.05, 0) is 0 Å². The van der Waals surface area contributed by atoms with Crippen LogP contribution in [0.2, 0.25) is 6.04 Å². The molecule has 1 heteroatoms. The lowest BCUT2D eigenvalue weighted by atomic mass is 10.0. The summed E-state index contributed by atoms with van der Waals surface area (Å²) in [4.78, 5) is 0. The normalized spacial score (nSPS) is 11.4. The minimum absolute atomic E-state index is 1.38. The SMILES string of the molecule is CCCCCCCCCCCCCCCCCCCCCCCCC[SiH3]. The van der Waals surface area contributed by atoms with Crippen molar-refractivity contribution in [3.63, 3.8) is 0 Å². The highest BCUT2D eigenvalue weighted by Gasteiger charge is 1.95. The third-order valence-corrected chi connectivity index (χ3v) is 6.66. The van der Waals surface area contributed by atoms with Gasteiger partial charge in [0.25, 0.3) is 0 Å². The van der Waals surface area contributed by atoms with Crippen LogP contribution in [0.25, 0.3) is 0 Å². The lowest BCUT2D eigenvalue weighted by Gasteiger charge is -2.04. The van der Waals surface area contributed by atoms with Crippen molar-refractivity contribution in [2.75, 3.05) is 0 Å². The number of unbranched alkanes of at least 4 members (excludes halogenated alkanes) is 22. The van der Waals surface area contributed by atoms with Crippen molar-refractivity contribution in [2.45, 2.75) is 161 Å². The molecule has 0 saturated heterocycles. The highest BCUT2D eigenvalue weighted by Crippen LogP contribution is 2.15. The fraction of sp³-hybridized carbons (Fsp3) is 1.00. The molecule has 0 aliphatic heterocycles. The van der Waals surface area contributed by atoms with Gasteiger partial charge in [-0.3, -0.25) is 0 Å². The van der Waals surface area contributed by atoms with Crippen LogP contribution >= 0.6 is 0 Å². The summed E-state index contributed by atoms with van der Waals surface area (Å²) in [6, 6.07) is 1.51. The highest BCUT2D eigenvalue weighted by molar-refractivity contribution is 6.08. The van der Waals surface area contributed by atoms with Crippen LogP contribution in [0.5, 0.6) is 0 Å². The Bertz CT molecular complexity index is 202. The maximum atomic E-state index is 2.30. The van der Waals surface area contributed by atoms with E-state index in [4.69, 9.17) is 0 Å². The van der Waals surface area contributed by atoms with Crippen LogP contribution < -0.4 is 0 Å². The van der Waals surface area contributed by atoms with Gasteiger partial charge < -0.3 is 0 Å².